The Bertz CT molecular complexity index is 871. The van der Waals surface area contributed by atoms with Crippen LogP contribution in [-0.2, 0) is 0 Å². The Hall–Kier alpha value is -2.58. The molecule has 2 N–H and O–H groups in total. The third-order valence-electron chi connectivity index (χ3n) is 2.91. The van der Waals surface area contributed by atoms with E-state index in [0.29, 0.717) is 5.56 Å². The van der Waals surface area contributed by atoms with Crippen molar-refractivity contribution in [3.05, 3.63) is 51.6 Å². The molecule has 4 nitrogen and oxygen atoms in total. The van der Waals surface area contributed by atoms with Gasteiger partial charge in [-0.1, -0.05) is 18.2 Å². The monoisotopic (exact) mass is 268 g/mol. The fourth-order valence-electron chi connectivity index (χ4n) is 2.06. The molecule has 5 heteroatoms. The number of hydrogen-bond acceptors (Lipinski definition) is 4. The van der Waals surface area contributed by atoms with E-state index in [0.717, 1.165) is 15.6 Å². The first-order chi connectivity index (χ1) is 9.20. The molecular formula is C14H8N2O2S. The van der Waals surface area contributed by atoms with Gasteiger partial charge in [0, 0.05) is 27.3 Å². The van der Waals surface area contributed by atoms with Crippen LogP contribution in [0.2, 0.25) is 0 Å². The normalized spacial score (nSPS) is 10.5. The first-order valence-corrected chi connectivity index (χ1v) is 6.41. The van der Waals surface area contributed by atoms with Crippen molar-refractivity contribution in [1.29, 1.82) is 5.26 Å². The van der Waals surface area contributed by atoms with Crippen molar-refractivity contribution < 1.29 is 5.11 Å². The Morgan fingerprint density at radius 1 is 1.26 bits per heavy atom. The number of benzene rings is 1. The van der Waals surface area contributed by atoms with Crippen molar-refractivity contribution in [1.82, 2.24) is 4.98 Å². The zero-order valence-electron chi connectivity index (χ0n) is 9.68. The van der Waals surface area contributed by atoms with E-state index in [2.05, 4.69) is 4.98 Å². The van der Waals surface area contributed by atoms with Gasteiger partial charge in [0.05, 0.1) is 0 Å². The number of nitrogens with one attached hydrogen (secondary N) is 1. The first-order valence-electron chi connectivity index (χ1n) is 5.53. The molecule has 0 aliphatic carbocycles. The fraction of sp³-hybridized carbons (Fsp3) is 0. The lowest BCUT2D eigenvalue weighted by molar-refractivity contribution is 0.450. The van der Waals surface area contributed by atoms with E-state index >= 15 is 0 Å². The van der Waals surface area contributed by atoms with Gasteiger partial charge >= 0.3 is 0 Å². The summed E-state index contributed by atoms with van der Waals surface area (Å²) >= 11 is 1.54. The second kappa shape index (κ2) is 4.26. The van der Waals surface area contributed by atoms with Gasteiger partial charge in [0.2, 0.25) is 5.88 Å². The van der Waals surface area contributed by atoms with Crippen molar-refractivity contribution in [2.75, 3.05) is 0 Å². The Labute approximate surface area is 112 Å². The smallest absolute Gasteiger partial charge is 0.251 e. The molecule has 0 saturated heterocycles. The number of thiophene rings is 1. The average molecular weight is 268 g/mol. The Kier molecular flexibility index (Phi) is 2.58. The standard InChI is InChI=1S/C14H8N2O2S/c15-6-10-9(5-13(17)16-14(10)18)11-7-19-12-4-2-1-3-8(11)12/h1-5,7H,(H2,16,17,18). The van der Waals surface area contributed by atoms with Gasteiger partial charge in [-0.05, 0) is 11.4 Å². The summed E-state index contributed by atoms with van der Waals surface area (Å²) in [5.74, 6) is -0.389. The molecule has 3 rings (SSSR count). The Morgan fingerprint density at radius 3 is 2.84 bits per heavy atom. The van der Waals surface area contributed by atoms with Gasteiger partial charge in [0.1, 0.15) is 11.6 Å². The third-order valence-corrected chi connectivity index (χ3v) is 3.87. The maximum Gasteiger partial charge on any atom is 0.251 e. The van der Waals surface area contributed by atoms with Crippen LogP contribution in [0.4, 0.5) is 0 Å². The molecule has 0 saturated carbocycles. The van der Waals surface area contributed by atoms with E-state index in [1.54, 1.807) is 0 Å². The largest absolute Gasteiger partial charge is 0.494 e. The predicted molar refractivity (Wildman–Crippen MR) is 74.3 cm³/mol. The van der Waals surface area contributed by atoms with E-state index < -0.39 is 5.56 Å². The van der Waals surface area contributed by atoms with Crippen molar-refractivity contribution in [3.8, 4) is 23.1 Å². The number of rotatable bonds is 1. The van der Waals surface area contributed by atoms with Crippen LogP contribution in [0, 0.1) is 11.3 Å². The van der Waals surface area contributed by atoms with E-state index in [1.807, 2.05) is 35.7 Å². The fourth-order valence-corrected chi connectivity index (χ4v) is 3.02. The van der Waals surface area contributed by atoms with Crippen LogP contribution in [-0.4, -0.2) is 10.1 Å². The minimum Gasteiger partial charge on any atom is -0.494 e. The van der Waals surface area contributed by atoms with E-state index in [9.17, 15) is 9.90 Å². The van der Waals surface area contributed by atoms with Gasteiger partial charge in [0.25, 0.3) is 5.56 Å². The Balaban J connectivity index is 2.40. The van der Waals surface area contributed by atoms with Crippen LogP contribution in [0.25, 0.3) is 21.2 Å². The number of aromatic hydroxyl groups is 1. The number of H-pyrrole nitrogens is 1. The van der Waals surface area contributed by atoms with Crippen LogP contribution in [0.1, 0.15) is 5.56 Å². The van der Waals surface area contributed by atoms with Gasteiger partial charge in [-0.3, -0.25) is 9.78 Å². The molecule has 19 heavy (non-hydrogen) atoms. The molecule has 0 atom stereocenters. The molecule has 0 unspecified atom stereocenters. The highest BCUT2D eigenvalue weighted by Gasteiger charge is 2.14. The summed E-state index contributed by atoms with van der Waals surface area (Å²) in [6.07, 6.45) is 0. The number of aromatic nitrogens is 1. The summed E-state index contributed by atoms with van der Waals surface area (Å²) in [5, 5.41) is 21.7. The molecule has 92 valence electrons. The summed E-state index contributed by atoms with van der Waals surface area (Å²) in [5.41, 5.74) is 0.907. The summed E-state index contributed by atoms with van der Waals surface area (Å²) < 4.78 is 1.07. The number of nitriles is 1. The van der Waals surface area contributed by atoms with Crippen molar-refractivity contribution in [2.45, 2.75) is 0 Å². The third kappa shape index (κ3) is 1.79. The highest BCUT2D eigenvalue weighted by Crippen LogP contribution is 2.36. The van der Waals surface area contributed by atoms with Gasteiger partial charge < -0.3 is 5.11 Å². The second-order valence-corrected chi connectivity index (χ2v) is 4.94. The van der Waals surface area contributed by atoms with Gasteiger partial charge in [-0.2, -0.15) is 5.26 Å². The van der Waals surface area contributed by atoms with Gasteiger partial charge in [-0.15, -0.1) is 11.3 Å². The molecule has 0 fully saturated rings. The average Bonchev–Trinajstić information content (AvgIpc) is 2.81. The quantitative estimate of drug-likeness (QED) is 0.712. The molecule has 3 aromatic rings. The van der Waals surface area contributed by atoms with E-state index in [1.165, 1.54) is 17.4 Å². The molecular weight excluding hydrogens is 260 g/mol. The minimum absolute atomic E-state index is 0.0863. The highest BCUT2D eigenvalue weighted by atomic mass is 32.1. The van der Waals surface area contributed by atoms with Crippen molar-refractivity contribution in [3.63, 3.8) is 0 Å². The van der Waals surface area contributed by atoms with Gasteiger partial charge in [0.15, 0.2) is 0 Å². The van der Waals surface area contributed by atoms with Crippen LogP contribution < -0.4 is 5.56 Å². The summed E-state index contributed by atoms with van der Waals surface area (Å²) in [6, 6.07) is 11.0. The number of pyridine rings is 1. The predicted octanol–water partition coefficient (Wildman–Crippen LogP) is 2.83. The summed E-state index contributed by atoms with van der Waals surface area (Å²) in [6.45, 7) is 0. The number of hydrogen-bond donors (Lipinski definition) is 2. The molecule has 0 radical (unpaired) electrons. The zero-order valence-corrected chi connectivity index (χ0v) is 10.5. The SMILES string of the molecule is N#Cc1c(-c2csc3ccccc23)cc(=O)[nH]c1O. The second-order valence-electron chi connectivity index (χ2n) is 4.03. The minimum atomic E-state index is -0.429. The van der Waals surface area contributed by atoms with Crippen molar-refractivity contribution >= 4 is 21.4 Å². The lowest BCUT2D eigenvalue weighted by Crippen LogP contribution is -2.05. The van der Waals surface area contributed by atoms with Gasteiger partial charge in [-0.25, -0.2) is 0 Å². The molecule has 0 aliphatic rings. The zero-order chi connectivity index (χ0) is 13.4. The maximum absolute atomic E-state index is 11.5. The highest BCUT2D eigenvalue weighted by molar-refractivity contribution is 7.17. The molecule has 0 aliphatic heterocycles. The first kappa shape index (κ1) is 11.5. The number of nitrogens with zero attached hydrogens (tertiary/aromatic N) is 1. The molecule has 2 aromatic heterocycles. The number of aromatic amines is 1. The van der Waals surface area contributed by atoms with E-state index in [-0.39, 0.29) is 11.4 Å². The lowest BCUT2D eigenvalue weighted by atomic mass is 10.0. The number of fused-ring (bicyclic) bond motifs is 1. The maximum atomic E-state index is 11.5. The molecule has 0 spiro atoms. The molecule has 0 amide bonds. The van der Waals surface area contributed by atoms with Crippen LogP contribution in [0.3, 0.4) is 0 Å². The topological polar surface area (TPSA) is 76.9 Å². The summed E-state index contributed by atoms with van der Waals surface area (Å²) in [7, 11) is 0. The van der Waals surface area contributed by atoms with Crippen LogP contribution >= 0.6 is 11.3 Å². The summed E-state index contributed by atoms with van der Waals surface area (Å²) in [4.78, 5) is 13.7. The lowest BCUT2D eigenvalue weighted by Gasteiger charge is -2.04. The molecule has 0 bridgehead atoms. The van der Waals surface area contributed by atoms with Crippen LogP contribution in [0.15, 0.2) is 40.5 Å². The van der Waals surface area contributed by atoms with Crippen molar-refractivity contribution in [2.24, 2.45) is 0 Å². The Morgan fingerprint density at radius 2 is 2.05 bits per heavy atom. The molecule has 1 aromatic carbocycles. The van der Waals surface area contributed by atoms with E-state index in [4.69, 9.17) is 5.26 Å². The molecule has 2 heterocycles. The van der Waals surface area contributed by atoms with Crippen LogP contribution in [0.5, 0.6) is 5.88 Å².